The van der Waals surface area contributed by atoms with E-state index in [0.717, 1.165) is 12.8 Å². The molecule has 0 amide bonds. The molecule has 0 spiro atoms. The van der Waals surface area contributed by atoms with Gasteiger partial charge in [0.25, 0.3) is 0 Å². The molecule has 1 N–H and O–H groups in total. The monoisotopic (exact) mass is 392 g/mol. The molecule has 0 saturated heterocycles. The smallest absolute Gasteiger partial charge is 0.408 e. The van der Waals surface area contributed by atoms with E-state index in [1.165, 1.54) is 16.7 Å². The van der Waals surface area contributed by atoms with E-state index in [-0.39, 0.29) is 23.1 Å². The summed E-state index contributed by atoms with van der Waals surface area (Å²) in [6.45, 7) is 3.77. The molecule has 1 aromatic carbocycles. The van der Waals surface area contributed by atoms with Crippen molar-refractivity contribution >= 4 is 21.1 Å². The van der Waals surface area contributed by atoms with Gasteiger partial charge in [-0.15, -0.1) is 0 Å². The molecular formula is C17H20N4O5S. The van der Waals surface area contributed by atoms with Crippen molar-refractivity contribution in [3.05, 3.63) is 40.5 Å². The summed E-state index contributed by atoms with van der Waals surface area (Å²) in [4.78, 5) is 16.6. The fourth-order valence-corrected chi connectivity index (χ4v) is 4.09. The second kappa shape index (κ2) is 6.61. The van der Waals surface area contributed by atoms with Gasteiger partial charge in [-0.25, -0.2) is 17.9 Å². The number of hydrogen-bond donors (Lipinski definition) is 1. The Hall–Kier alpha value is -2.46. The molecule has 1 fully saturated rings. The van der Waals surface area contributed by atoms with E-state index in [2.05, 4.69) is 14.9 Å². The van der Waals surface area contributed by atoms with Crippen LogP contribution in [0.1, 0.15) is 50.7 Å². The fourth-order valence-electron chi connectivity index (χ4n) is 2.75. The maximum absolute atomic E-state index is 12.4. The summed E-state index contributed by atoms with van der Waals surface area (Å²) < 4.78 is 39.2. The molecule has 3 aromatic rings. The Morgan fingerprint density at radius 1 is 1.37 bits per heavy atom. The molecule has 0 bridgehead atoms. The molecular weight excluding hydrogens is 372 g/mol. The van der Waals surface area contributed by atoms with Gasteiger partial charge in [0.15, 0.2) is 11.4 Å². The van der Waals surface area contributed by atoms with Gasteiger partial charge in [-0.2, -0.15) is 4.98 Å². The van der Waals surface area contributed by atoms with E-state index < -0.39 is 15.8 Å². The maximum Gasteiger partial charge on any atom is 0.420 e. The molecule has 27 heavy (non-hydrogen) atoms. The number of nitrogens with zero attached hydrogens (tertiary/aromatic N) is 3. The number of fused-ring (bicyclic) bond motifs is 1. The summed E-state index contributed by atoms with van der Waals surface area (Å²) in [6.07, 6.45) is 2.75. The predicted octanol–water partition coefficient (Wildman–Crippen LogP) is 1.98. The van der Waals surface area contributed by atoms with E-state index in [1.807, 2.05) is 6.92 Å². The van der Waals surface area contributed by atoms with Gasteiger partial charge < -0.3 is 8.94 Å². The van der Waals surface area contributed by atoms with Crippen LogP contribution < -0.4 is 10.5 Å². The van der Waals surface area contributed by atoms with Gasteiger partial charge in [-0.1, -0.05) is 12.1 Å². The number of oxazole rings is 1. The molecule has 1 unspecified atom stereocenters. The van der Waals surface area contributed by atoms with Gasteiger partial charge in [0.1, 0.15) is 0 Å². The van der Waals surface area contributed by atoms with Crippen LogP contribution in [0.5, 0.6) is 0 Å². The number of rotatable bonds is 7. The van der Waals surface area contributed by atoms with Crippen LogP contribution in [-0.4, -0.2) is 29.2 Å². The van der Waals surface area contributed by atoms with Crippen molar-refractivity contribution in [3.63, 3.8) is 0 Å². The van der Waals surface area contributed by atoms with Gasteiger partial charge in [0, 0.05) is 18.0 Å². The first-order valence-corrected chi connectivity index (χ1v) is 10.3. The molecule has 0 aliphatic heterocycles. The highest BCUT2D eigenvalue weighted by Crippen LogP contribution is 2.38. The minimum Gasteiger partial charge on any atom is -0.408 e. The molecule has 1 aliphatic carbocycles. The lowest BCUT2D eigenvalue weighted by Crippen LogP contribution is -2.31. The van der Waals surface area contributed by atoms with Crippen molar-refractivity contribution < 1.29 is 17.4 Å². The third-order valence-electron chi connectivity index (χ3n) is 4.63. The van der Waals surface area contributed by atoms with Crippen molar-refractivity contribution in [3.8, 4) is 0 Å². The Morgan fingerprint density at radius 3 is 2.85 bits per heavy atom. The third kappa shape index (κ3) is 3.54. The van der Waals surface area contributed by atoms with Crippen LogP contribution in [0.15, 0.2) is 36.8 Å². The zero-order chi connectivity index (χ0) is 19.2. The largest absolute Gasteiger partial charge is 0.420 e. The number of hydrogen-bond acceptors (Lipinski definition) is 7. The molecule has 0 radical (unpaired) electrons. The topological polar surface area (TPSA) is 120 Å². The number of aromatic nitrogens is 3. The highest BCUT2D eigenvalue weighted by molar-refractivity contribution is 7.89. The van der Waals surface area contributed by atoms with E-state index in [9.17, 15) is 13.2 Å². The molecule has 10 heteroatoms. The van der Waals surface area contributed by atoms with E-state index >= 15 is 0 Å². The standard InChI is InChI=1S/C17H20N4O5S/c1-3-10(2)20-27(23,24)12-6-7-13-14(8-12)25-17(22)21(13)9-15-18-16(26-19-15)11-4-5-11/h6-8,10-11,20H,3-5,9H2,1-2H3. The van der Waals surface area contributed by atoms with Crippen LogP contribution in [-0.2, 0) is 16.6 Å². The van der Waals surface area contributed by atoms with Crippen LogP contribution >= 0.6 is 0 Å². The van der Waals surface area contributed by atoms with Crippen molar-refractivity contribution in [2.75, 3.05) is 0 Å². The quantitative estimate of drug-likeness (QED) is 0.652. The summed E-state index contributed by atoms with van der Waals surface area (Å²) in [5.41, 5.74) is 0.665. The van der Waals surface area contributed by atoms with Crippen LogP contribution in [0.2, 0.25) is 0 Å². The minimum atomic E-state index is -3.69. The predicted molar refractivity (Wildman–Crippen MR) is 95.9 cm³/mol. The van der Waals surface area contributed by atoms with Gasteiger partial charge in [-0.3, -0.25) is 4.57 Å². The zero-order valence-electron chi connectivity index (χ0n) is 15.0. The van der Waals surface area contributed by atoms with Crippen molar-refractivity contribution in [1.29, 1.82) is 0 Å². The molecule has 2 aromatic heterocycles. The van der Waals surface area contributed by atoms with Crippen molar-refractivity contribution in [1.82, 2.24) is 19.4 Å². The third-order valence-corrected chi connectivity index (χ3v) is 6.22. The first kappa shape index (κ1) is 17.9. The summed E-state index contributed by atoms with van der Waals surface area (Å²) in [6, 6.07) is 4.16. The number of sulfonamides is 1. The Balaban J connectivity index is 1.65. The Morgan fingerprint density at radius 2 is 2.15 bits per heavy atom. The highest BCUT2D eigenvalue weighted by Gasteiger charge is 2.29. The molecule has 144 valence electrons. The van der Waals surface area contributed by atoms with E-state index in [0.29, 0.717) is 29.6 Å². The van der Waals surface area contributed by atoms with Crippen LogP contribution in [0.4, 0.5) is 0 Å². The lowest BCUT2D eigenvalue weighted by Gasteiger charge is -2.11. The number of nitrogens with one attached hydrogen (secondary N) is 1. The lowest BCUT2D eigenvalue weighted by molar-refractivity contribution is 0.372. The minimum absolute atomic E-state index is 0.0479. The van der Waals surface area contributed by atoms with E-state index in [4.69, 9.17) is 8.94 Å². The molecule has 4 rings (SSSR count). The van der Waals surface area contributed by atoms with Crippen molar-refractivity contribution in [2.24, 2.45) is 0 Å². The summed E-state index contributed by atoms with van der Waals surface area (Å²) in [7, 11) is -3.69. The lowest BCUT2D eigenvalue weighted by atomic mass is 10.3. The van der Waals surface area contributed by atoms with Gasteiger partial charge in [-0.05, 0) is 38.3 Å². The Labute approximate surface area is 155 Å². The van der Waals surface area contributed by atoms with Gasteiger partial charge >= 0.3 is 5.76 Å². The average Bonchev–Trinajstić information content (AvgIpc) is 3.30. The van der Waals surface area contributed by atoms with Crippen molar-refractivity contribution in [2.45, 2.75) is 56.5 Å². The van der Waals surface area contributed by atoms with E-state index in [1.54, 1.807) is 13.0 Å². The van der Waals surface area contributed by atoms with Gasteiger partial charge in [0.2, 0.25) is 15.9 Å². The normalized spacial score (nSPS) is 16.1. The molecule has 1 atom stereocenters. The molecule has 1 aliphatic rings. The van der Waals surface area contributed by atoms with Crippen LogP contribution in [0, 0.1) is 0 Å². The zero-order valence-corrected chi connectivity index (χ0v) is 15.8. The molecule has 2 heterocycles. The number of benzene rings is 1. The van der Waals surface area contributed by atoms with Gasteiger partial charge in [0.05, 0.1) is 17.0 Å². The summed E-state index contributed by atoms with van der Waals surface area (Å²) in [5.74, 6) is 0.703. The average molecular weight is 392 g/mol. The maximum atomic E-state index is 12.4. The Bertz CT molecular complexity index is 1140. The molecule has 9 nitrogen and oxygen atoms in total. The Kier molecular flexibility index (Phi) is 4.39. The van der Waals surface area contributed by atoms with Crippen LogP contribution in [0.25, 0.3) is 11.1 Å². The molecule has 1 saturated carbocycles. The summed E-state index contributed by atoms with van der Waals surface area (Å²) in [5, 5.41) is 3.91. The first-order valence-electron chi connectivity index (χ1n) is 8.85. The SMILES string of the molecule is CCC(C)NS(=O)(=O)c1ccc2c(c1)oc(=O)n2Cc1noc(C2CC2)n1. The second-order valence-corrected chi connectivity index (χ2v) is 8.55. The van der Waals surface area contributed by atoms with Crippen LogP contribution in [0.3, 0.4) is 0 Å². The second-order valence-electron chi connectivity index (χ2n) is 6.84. The first-order chi connectivity index (χ1) is 12.9. The highest BCUT2D eigenvalue weighted by atomic mass is 32.2. The fraction of sp³-hybridized carbons (Fsp3) is 0.471. The summed E-state index contributed by atoms with van der Waals surface area (Å²) >= 11 is 0.